The molecule has 2 aromatic heterocycles. The average Bonchev–Trinajstić information content (AvgIpc) is 3.31. The first-order valence-electron chi connectivity index (χ1n) is 7.30. The van der Waals surface area contributed by atoms with Crippen LogP contribution in [0.3, 0.4) is 0 Å². The lowest BCUT2D eigenvalue weighted by Gasteiger charge is -2.10. The van der Waals surface area contributed by atoms with Gasteiger partial charge in [0.25, 0.3) is 5.91 Å². The third-order valence-electron chi connectivity index (χ3n) is 4.08. The van der Waals surface area contributed by atoms with E-state index >= 15 is 0 Å². The summed E-state index contributed by atoms with van der Waals surface area (Å²) < 4.78 is 1.42. The molecule has 0 bridgehead atoms. The van der Waals surface area contributed by atoms with E-state index in [0.29, 0.717) is 22.0 Å². The molecule has 0 atom stereocenters. The lowest BCUT2D eigenvalue weighted by molar-refractivity contribution is 0.0949. The summed E-state index contributed by atoms with van der Waals surface area (Å²) in [6, 6.07) is 9.32. The Morgan fingerprint density at radius 2 is 2.09 bits per heavy atom. The van der Waals surface area contributed by atoms with Crippen molar-refractivity contribution in [2.75, 3.05) is 0 Å². The standard InChI is InChI=1S/C17H14ClN3O/c1-10-16-14(6-3-9-19-16)21(20-10)17(22)15-12(11-7-8-11)4-2-5-13(15)18/h2-6,9,11H,7-8H2,1H3. The SMILES string of the molecule is Cc1nn(C(=O)c2c(Cl)cccc2C2CC2)c2cccnc12. The molecule has 0 N–H and O–H groups in total. The second kappa shape index (κ2) is 4.92. The van der Waals surface area contributed by atoms with E-state index in [1.54, 1.807) is 12.3 Å². The van der Waals surface area contributed by atoms with Crippen molar-refractivity contribution in [3.63, 3.8) is 0 Å². The van der Waals surface area contributed by atoms with Crippen LogP contribution in [0.15, 0.2) is 36.5 Å². The first-order chi connectivity index (χ1) is 10.7. The summed E-state index contributed by atoms with van der Waals surface area (Å²) in [4.78, 5) is 17.3. The van der Waals surface area contributed by atoms with Gasteiger partial charge in [-0.15, -0.1) is 0 Å². The molecule has 22 heavy (non-hydrogen) atoms. The van der Waals surface area contributed by atoms with Gasteiger partial charge in [0.15, 0.2) is 0 Å². The van der Waals surface area contributed by atoms with Crippen LogP contribution in [0.4, 0.5) is 0 Å². The highest BCUT2D eigenvalue weighted by Gasteiger charge is 2.30. The average molecular weight is 312 g/mol. The molecule has 0 spiro atoms. The molecule has 1 aliphatic carbocycles. The van der Waals surface area contributed by atoms with E-state index in [-0.39, 0.29) is 5.91 Å². The van der Waals surface area contributed by atoms with Crippen LogP contribution in [0.2, 0.25) is 5.02 Å². The molecule has 0 aliphatic heterocycles. The van der Waals surface area contributed by atoms with Crippen LogP contribution in [0.25, 0.3) is 11.0 Å². The van der Waals surface area contributed by atoms with Gasteiger partial charge in [-0.05, 0) is 49.4 Å². The van der Waals surface area contributed by atoms with E-state index in [1.165, 1.54) is 4.68 Å². The van der Waals surface area contributed by atoms with Gasteiger partial charge in [0, 0.05) is 6.20 Å². The number of halogens is 1. The van der Waals surface area contributed by atoms with Crippen molar-refractivity contribution in [3.8, 4) is 0 Å². The molecule has 1 aromatic carbocycles. The van der Waals surface area contributed by atoms with Gasteiger partial charge in [-0.25, -0.2) is 0 Å². The molecule has 0 amide bonds. The summed E-state index contributed by atoms with van der Waals surface area (Å²) in [5.74, 6) is 0.261. The normalized spacial score (nSPS) is 14.5. The Labute approximate surface area is 132 Å². The van der Waals surface area contributed by atoms with Crippen molar-refractivity contribution >= 4 is 28.5 Å². The zero-order valence-corrected chi connectivity index (χ0v) is 12.8. The molecule has 1 aliphatic rings. The molecule has 5 heteroatoms. The van der Waals surface area contributed by atoms with Crippen molar-refractivity contribution in [2.45, 2.75) is 25.7 Å². The first-order valence-corrected chi connectivity index (χ1v) is 7.68. The second-order valence-electron chi connectivity index (χ2n) is 5.65. The Kier molecular flexibility index (Phi) is 3.01. The second-order valence-corrected chi connectivity index (χ2v) is 6.06. The summed E-state index contributed by atoms with van der Waals surface area (Å²) in [5, 5.41) is 4.86. The molecule has 2 heterocycles. The molecule has 0 saturated heterocycles. The number of pyridine rings is 1. The van der Waals surface area contributed by atoms with E-state index in [1.807, 2.05) is 31.2 Å². The largest absolute Gasteiger partial charge is 0.280 e. The van der Waals surface area contributed by atoms with E-state index in [4.69, 9.17) is 11.6 Å². The monoisotopic (exact) mass is 311 g/mol. The number of carbonyl (C=O) groups excluding carboxylic acids is 1. The number of aryl methyl sites for hydroxylation is 1. The maximum Gasteiger partial charge on any atom is 0.280 e. The van der Waals surface area contributed by atoms with Crippen molar-refractivity contribution in [2.24, 2.45) is 0 Å². The van der Waals surface area contributed by atoms with Crippen LogP contribution in [0.1, 0.15) is 40.4 Å². The molecule has 1 saturated carbocycles. The highest BCUT2D eigenvalue weighted by molar-refractivity contribution is 6.34. The Bertz CT molecular complexity index is 896. The summed E-state index contributed by atoms with van der Waals surface area (Å²) in [5.41, 5.74) is 3.80. The molecule has 4 rings (SSSR count). The maximum atomic E-state index is 13.0. The van der Waals surface area contributed by atoms with Crippen molar-refractivity contribution in [1.29, 1.82) is 0 Å². The zero-order valence-electron chi connectivity index (χ0n) is 12.1. The topological polar surface area (TPSA) is 47.8 Å². The molecule has 3 aromatic rings. The molecule has 0 unspecified atom stereocenters. The number of nitrogens with zero attached hydrogens (tertiary/aromatic N) is 3. The van der Waals surface area contributed by atoms with Crippen molar-refractivity contribution < 1.29 is 4.79 Å². The number of fused-ring (bicyclic) bond motifs is 1. The quantitative estimate of drug-likeness (QED) is 0.719. The lowest BCUT2D eigenvalue weighted by Crippen LogP contribution is -2.16. The predicted molar refractivity (Wildman–Crippen MR) is 85.4 cm³/mol. The third kappa shape index (κ3) is 2.03. The Balaban J connectivity index is 1.91. The number of hydrogen-bond acceptors (Lipinski definition) is 3. The number of aromatic nitrogens is 3. The van der Waals surface area contributed by atoms with Crippen LogP contribution in [0, 0.1) is 6.92 Å². The fourth-order valence-corrected chi connectivity index (χ4v) is 3.12. The zero-order chi connectivity index (χ0) is 15.3. The van der Waals surface area contributed by atoms with Crippen molar-refractivity contribution in [1.82, 2.24) is 14.8 Å². The van der Waals surface area contributed by atoms with E-state index < -0.39 is 0 Å². The van der Waals surface area contributed by atoms with Gasteiger partial charge in [0.05, 0.1) is 21.8 Å². The molecule has 4 nitrogen and oxygen atoms in total. The smallest absolute Gasteiger partial charge is 0.267 e. The van der Waals surface area contributed by atoms with Gasteiger partial charge in [0.1, 0.15) is 5.52 Å². The Morgan fingerprint density at radius 3 is 2.86 bits per heavy atom. The lowest BCUT2D eigenvalue weighted by atomic mass is 10.0. The van der Waals surface area contributed by atoms with Gasteiger partial charge in [-0.3, -0.25) is 9.78 Å². The van der Waals surface area contributed by atoms with Gasteiger partial charge in [0.2, 0.25) is 0 Å². The Hall–Kier alpha value is -2.20. The number of hydrogen-bond donors (Lipinski definition) is 0. The van der Waals surface area contributed by atoms with E-state index in [9.17, 15) is 4.79 Å². The molecule has 0 radical (unpaired) electrons. The number of rotatable bonds is 2. The molecule has 110 valence electrons. The fraction of sp³-hybridized carbons (Fsp3) is 0.235. The summed E-state index contributed by atoms with van der Waals surface area (Å²) >= 11 is 6.33. The van der Waals surface area contributed by atoms with Gasteiger partial charge in [-0.2, -0.15) is 9.78 Å². The minimum absolute atomic E-state index is 0.182. The molecular formula is C17H14ClN3O. The van der Waals surface area contributed by atoms with Crippen LogP contribution < -0.4 is 0 Å². The first kappa shape index (κ1) is 13.5. The van der Waals surface area contributed by atoms with Gasteiger partial charge in [-0.1, -0.05) is 23.7 Å². The molecule has 1 fully saturated rings. The molecular weight excluding hydrogens is 298 g/mol. The minimum atomic E-state index is -0.182. The summed E-state index contributed by atoms with van der Waals surface area (Å²) in [6.07, 6.45) is 3.93. The third-order valence-corrected chi connectivity index (χ3v) is 4.39. The maximum absolute atomic E-state index is 13.0. The van der Waals surface area contributed by atoms with E-state index in [2.05, 4.69) is 10.1 Å². The van der Waals surface area contributed by atoms with Gasteiger partial charge < -0.3 is 0 Å². The van der Waals surface area contributed by atoms with E-state index in [0.717, 1.165) is 29.6 Å². The predicted octanol–water partition coefficient (Wildman–Crippen LogP) is 3.96. The highest BCUT2D eigenvalue weighted by atomic mass is 35.5. The van der Waals surface area contributed by atoms with Crippen LogP contribution >= 0.6 is 11.6 Å². The highest BCUT2D eigenvalue weighted by Crippen LogP contribution is 2.43. The van der Waals surface area contributed by atoms with Crippen LogP contribution in [-0.2, 0) is 0 Å². The fourth-order valence-electron chi connectivity index (χ4n) is 2.86. The summed E-state index contributed by atoms with van der Waals surface area (Å²) in [6.45, 7) is 1.85. The number of benzene rings is 1. The Morgan fingerprint density at radius 1 is 1.27 bits per heavy atom. The van der Waals surface area contributed by atoms with Crippen LogP contribution in [0.5, 0.6) is 0 Å². The van der Waals surface area contributed by atoms with Crippen molar-refractivity contribution in [3.05, 3.63) is 58.4 Å². The number of carbonyl (C=O) groups is 1. The van der Waals surface area contributed by atoms with Gasteiger partial charge >= 0.3 is 0 Å². The summed E-state index contributed by atoms with van der Waals surface area (Å²) in [7, 11) is 0. The van der Waals surface area contributed by atoms with Crippen LogP contribution in [-0.4, -0.2) is 20.7 Å². The minimum Gasteiger partial charge on any atom is -0.267 e.